The summed E-state index contributed by atoms with van der Waals surface area (Å²) in [5.74, 6) is -1.50. The summed E-state index contributed by atoms with van der Waals surface area (Å²) in [5, 5.41) is 19.9. The van der Waals surface area contributed by atoms with Crippen molar-refractivity contribution >= 4 is 39.2 Å². The number of carbonyl (C=O) groups is 2. The summed E-state index contributed by atoms with van der Waals surface area (Å²) in [7, 11) is -1.93. The second-order valence-corrected chi connectivity index (χ2v) is 9.18. The monoisotopic (exact) mass is 446 g/mol. The average Bonchev–Trinajstić information content (AvgIpc) is 3.06. The number of hydrogen-bond acceptors (Lipinski definition) is 7. The third-order valence-corrected chi connectivity index (χ3v) is 6.72. The van der Waals surface area contributed by atoms with Crippen LogP contribution in [-0.4, -0.2) is 45.9 Å². The van der Waals surface area contributed by atoms with Crippen LogP contribution in [0.3, 0.4) is 0 Å². The number of anilines is 1. The third-order valence-electron chi connectivity index (χ3n) is 4.07. The lowest BCUT2D eigenvalue weighted by Crippen LogP contribution is -2.15. The van der Waals surface area contributed by atoms with Gasteiger partial charge in [-0.25, -0.2) is 13.2 Å². The molecule has 0 saturated carbocycles. The van der Waals surface area contributed by atoms with E-state index in [0.717, 1.165) is 11.8 Å². The van der Waals surface area contributed by atoms with Crippen molar-refractivity contribution in [3.8, 4) is 0 Å². The lowest BCUT2D eigenvalue weighted by molar-refractivity contribution is -0.113. The molecule has 1 aromatic heterocycles. The Morgan fingerprint density at radius 2 is 1.83 bits per heavy atom. The quantitative estimate of drug-likeness (QED) is 0.504. The fraction of sp³-hybridized carbons (Fsp3) is 0.158. The molecule has 0 unspecified atom stereocenters. The summed E-state index contributed by atoms with van der Waals surface area (Å²) < 4.78 is 26.6. The molecule has 2 N–H and O–H groups in total. The summed E-state index contributed by atoms with van der Waals surface area (Å²) in [6.07, 6.45) is 0. The molecule has 0 atom stereocenters. The molecule has 0 aliphatic rings. The number of hydrogen-bond donors (Lipinski definition) is 2. The first kappa shape index (κ1) is 21.5. The lowest BCUT2D eigenvalue weighted by Gasteiger charge is -2.07. The van der Waals surface area contributed by atoms with Crippen molar-refractivity contribution in [1.82, 2.24) is 14.8 Å². The fourth-order valence-electron chi connectivity index (χ4n) is 2.53. The average molecular weight is 447 g/mol. The normalized spacial score (nSPS) is 11.2. The molecule has 3 rings (SSSR count). The Morgan fingerprint density at radius 1 is 1.10 bits per heavy atom. The van der Waals surface area contributed by atoms with Crippen molar-refractivity contribution in [3.63, 3.8) is 0 Å². The number of carboxylic acids is 1. The van der Waals surface area contributed by atoms with Crippen molar-refractivity contribution < 1.29 is 23.1 Å². The van der Waals surface area contributed by atoms with Gasteiger partial charge in [-0.1, -0.05) is 36.0 Å². The summed E-state index contributed by atoms with van der Waals surface area (Å²) >= 11 is 1.09. The minimum atomic E-state index is -3.57. The molecule has 1 amide bonds. The van der Waals surface area contributed by atoms with Crippen LogP contribution in [0.4, 0.5) is 5.69 Å². The van der Waals surface area contributed by atoms with E-state index in [1.54, 1.807) is 31.3 Å². The molecule has 156 valence electrons. The molecular weight excluding hydrogens is 428 g/mol. The number of nitrogens with one attached hydrogen (secondary N) is 1. The predicted molar refractivity (Wildman–Crippen MR) is 111 cm³/mol. The zero-order valence-corrected chi connectivity index (χ0v) is 17.5. The number of aromatic carboxylic acids is 1. The van der Waals surface area contributed by atoms with Gasteiger partial charge in [0.1, 0.15) is 11.6 Å². The second-order valence-electron chi connectivity index (χ2n) is 6.25. The van der Waals surface area contributed by atoms with E-state index in [1.165, 1.54) is 34.9 Å². The number of benzene rings is 2. The van der Waals surface area contributed by atoms with Gasteiger partial charge in [0.25, 0.3) is 0 Å². The summed E-state index contributed by atoms with van der Waals surface area (Å²) in [6.45, 7) is 0. The van der Waals surface area contributed by atoms with Crippen LogP contribution in [-0.2, 0) is 27.4 Å². The standard InChI is InChI=1S/C19H18N4O5S2/c1-23-16(12-30(27,28)15-8-3-2-4-9-15)21-22-19(23)29-11-17(24)20-14-7-5-6-13(10-14)18(25)26/h2-10H,11-12H2,1H3,(H,20,24)(H,25,26). The van der Waals surface area contributed by atoms with Gasteiger partial charge in [-0.15, -0.1) is 10.2 Å². The summed E-state index contributed by atoms with van der Waals surface area (Å²) in [5.41, 5.74) is 0.436. The summed E-state index contributed by atoms with van der Waals surface area (Å²) in [6, 6.07) is 14.0. The maximum atomic E-state index is 12.5. The highest BCUT2D eigenvalue weighted by Gasteiger charge is 2.20. The molecular formula is C19H18N4O5S2. The minimum absolute atomic E-state index is 0.00525. The maximum Gasteiger partial charge on any atom is 0.335 e. The Kier molecular flexibility index (Phi) is 6.53. The highest BCUT2D eigenvalue weighted by molar-refractivity contribution is 7.99. The fourth-order valence-corrected chi connectivity index (χ4v) is 4.59. The van der Waals surface area contributed by atoms with Crippen LogP contribution in [0, 0.1) is 0 Å². The van der Waals surface area contributed by atoms with Crippen molar-refractivity contribution in [2.75, 3.05) is 11.1 Å². The molecule has 0 fully saturated rings. The predicted octanol–water partition coefficient (Wildman–Crippen LogP) is 2.22. The van der Waals surface area contributed by atoms with Gasteiger partial charge in [-0.3, -0.25) is 4.79 Å². The molecule has 0 aliphatic carbocycles. The number of carboxylic acid groups (broad SMARTS) is 1. The van der Waals surface area contributed by atoms with Crippen molar-refractivity contribution in [1.29, 1.82) is 0 Å². The van der Waals surface area contributed by atoms with Crippen LogP contribution in [0.2, 0.25) is 0 Å². The van der Waals surface area contributed by atoms with Gasteiger partial charge in [-0.2, -0.15) is 0 Å². The van der Waals surface area contributed by atoms with Crippen LogP contribution >= 0.6 is 11.8 Å². The van der Waals surface area contributed by atoms with Gasteiger partial charge in [0, 0.05) is 12.7 Å². The highest BCUT2D eigenvalue weighted by atomic mass is 32.2. The topological polar surface area (TPSA) is 131 Å². The number of amides is 1. The molecule has 1 heterocycles. The van der Waals surface area contributed by atoms with Crippen LogP contribution in [0.15, 0.2) is 64.6 Å². The molecule has 30 heavy (non-hydrogen) atoms. The summed E-state index contributed by atoms with van der Waals surface area (Å²) in [4.78, 5) is 23.4. The van der Waals surface area contributed by atoms with E-state index in [0.29, 0.717) is 10.8 Å². The smallest absolute Gasteiger partial charge is 0.335 e. The molecule has 11 heteroatoms. The van der Waals surface area contributed by atoms with Crippen LogP contribution in [0.25, 0.3) is 0 Å². The van der Waals surface area contributed by atoms with Gasteiger partial charge < -0.3 is 15.0 Å². The van der Waals surface area contributed by atoms with E-state index >= 15 is 0 Å². The number of carbonyl (C=O) groups excluding carboxylic acids is 1. The van der Waals surface area contributed by atoms with Gasteiger partial charge in [0.05, 0.1) is 16.2 Å². The first-order valence-corrected chi connectivity index (χ1v) is 11.3. The van der Waals surface area contributed by atoms with E-state index < -0.39 is 15.8 Å². The van der Waals surface area contributed by atoms with Crippen LogP contribution in [0.1, 0.15) is 16.2 Å². The van der Waals surface area contributed by atoms with E-state index in [4.69, 9.17) is 5.11 Å². The number of nitrogens with zero attached hydrogens (tertiary/aromatic N) is 3. The number of rotatable bonds is 8. The molecule has 2 aromatic carbocycles. The highest BCUT2D eigenvalue weighted by Crippen LogP contribution is 2.20. The Bertz CT molecular complexity index is 1180. The molecule has 0 saturated heterocycles. The van der Waals surface area contributed by atoms with Gasteiger partial charge >= 0.3 is 5.97 Å². The lowest BCUT2D eigenvalue weighted by atomic mass is 10.2. The Morgan fingerprint density at radius 3 is 2.53 bits per heavy atom. The van der Waals surface area contributed by atoms with Crippen molar-refractivity contribution in [2.24, 2.45) is 7.05 Å². The Labute approximate surface area is 177 Å². The molecule has 0 aliphatic heterocycles. The van der Waals surface area contributed by atoms with Gasteiger partial charge in [-0.05, 0) is 30.3 Å². The SMILES string of the molecule is Cn1c(CS(=O)(=O)c2ccccc2)nnc1SCC(=O)Nc1cccc(C(=O)O)c1. The number of sulfone groups is 1. The molecule has 0 bridgehead atoms. The van der Waals surface area contributed by atoms with E-state index in [2.05, 4.69) is 15.5 Å². The third kappa shape index (κ3) is 5.24. The van der Waals surface area contributed by atoms with E-state index in [9.17, 15) is 18.0 Å². The number of thioether (sulfide) groups is 1. The van der Waals surface area contributed by atoms with Crippen LogP contribution in [0.5, 0.6) is 0 Å². The first-order chi connectivity index (χ1) is 14.3. The zero-order valence-electron chi connectivity index (χ0n) is 15.8. The molecule has 9 nitrogen and oxygen atoms in total. The molecule has 3 aromatic rings. The van der Waals surface area contributed by atoms with Gasteiger partial charge in [0.2, 0.25) is 5.91 Å². The van der Waals surface area contributed by atoms with Crippen LogP contribution < -0.4 is 5.32 Å². The molecule has 0 radical (unpaired) electrons. The maximum absolute atomic E-state index is 12.5. The minimum Gasteiger partial charge on any atom is -0.478 e. The number of aromatic nitrogens is 3. The zero-order chi connectivity index (χ0) is 21.7. The van der Waals surface area contributed by atoms with E-state index in [-0.39, 0.29) is 33.7 Å². The largest absolute Gasteiger partial charge is 0.478 e. The molecule has 0 spiro atoms. The van der Waals surface area contributed by atoms with Crippen molar-refractivity contribution in [2.45, 2.75) is 15.8 Å². The Hall–Kier alpha value is -3.18. The van der Waals surface area contributed by atoms with Gasteiger partial charge in [0.15, 0.2) is 15.0 Å². The van der Waals surface area contributed by atoms with Crippen molar-refractivity contribution in [3.05, 3.63) is 66.0 Å². The Balaban J connectivity index is 1.62. The van der Waals surface area contributed by atoms with E-state index in [1.807, 2.05) is 0 Å². The second kappa shape index (κ2) is 9.09. The first-order valence-electron chi connectivity index (χ1n) is 8.68.